The van der Waals surface area contributed by atoms with Crippen molar-refractivity contribution in [1.82, 2.24) is 4.98 Å². The lowest BCUT2D eigenvalue weighted by molar-refractivity contribution is 0.0900. The molecule has 0 aliphatic carbocycles. The second-order valence-electron chi connectivity index (χ2n) is 4.18. The van der Waals surface area contributed by atoms with Gasteiger partial charge in [-0.05, 0) is 25.0 Å². The second-order valence-corrected chi connectivity index (χ2v) is 4.18. The van der Waals surface area contributed by atoms with Crippen molar-refractivity contribution in [3.8, 4) is 0 Å². The van der Waals surface area contributed by atoms with E-state index in [1.54, 1.807) is 6.20 Å². The van der Waals surface area contributed by atoms with E-state index in [0.29, 0.717) is 17.8 Å². The van der Waals surface area contributed by atoms with Gasteiger partial charge in [0.15, 0.2) is 0 Å². The molecule has 1 aromatic rings. The van der Waals surface area contributed by atoms with Gasteiger partial charge in [-0.2, -0.15) is 0 Å². The maximum Gasteiger partial charge on any atom is 0.146 e. The summed E-state index contributed by atoms with van der Waals surface area (Å²) in [4.78, 5) is 4.05. The Bertz CT molecular complexity index is 343. The van der Waals surface area contributed by atoms with Gasteiger partial charge >= 0.3 is 0 Å². The molecule has 2 atom stereocenters. The normalized spacial score (nSPS) is 24.6. The molecule has 0 saturated carbocycles. The molecule has 1 aliphatic rings. The number of hydrogen-bond acceptors (Lipinski definition) is 4. The van der Waals surface area contributed by atoms with Crippen LogP contribution in [-0.4, -0.2) is 24.2 Å². The molecule has 1 fully saturated rings. The first kappa shape index (κ1) is 11.2. The number of aromatic nitrogens is 1. The molecular formula is C12H19N3O. The van der Waals surface area contributed by atoms with Crippen molar-refractivity contribution in [3.63, 3.8) is 0 Å². The average molecular weight is 221 g/mol. The van der Waals surface area contributed by atoms with Gasteiger partial charge in [-0.25, -0.2) is 4.98 Å². The van der Waals surface area contributed by atoms with Crippen LogP contribution in [0.5, 0.6) is 0 Å². The highest BCUT2D eigenvalue weighted by molar-refractivity contribution is 5.60. The summed E-state index contributed by atoms with van der Waals surface area (Å²) in [5, 5.41) is 3.35. The number of anilines is 2. The maximum absolute atomic E-state index is 5.77. The molecule has 0 aromatic carbocycles. The molecule has 1 aliphatic heterocycles. The standard InChI is InChI=1S/C12H19N3O/c1-2-11-9(5-7-16-11)8-15-10-4-3-6-14-12(10)13/h3-4,6,9,11,15H,2,5,7-8H2,1H3,(H2,13,14). The fourth-order valence-corrected chi connectivity index (χ4v) is 2.19. The first-order chi connectivity index (χ1) is 7.81. The van der Waals surface area contributed by atoms with Crippen molar-refractivity contribution in [2.75, 3.05) is 24.2 Å². The Labute approximate surface area is 96.2 Å². The molecule has 88 valence electrons. The minimum absolute atomic E-state index is 0.394. The summed E-state index contributed by atoms with van der Waals surface area (Å²) in [5.41, 5.74) is 6.69. The highest BCUT2D eigenvalue weighted by Gasteiger charge is 2.26. The van der Waals surface area contributed by atoms with Crippen molar-refractivity contribution in [2.45, 2.75) is 25.9 Å². The average Bonchev–Trinajstić information content (AvgIpc) is 2.75. The fraction of sp³-hybridized carbons (Fsp3) is 0.583. The van der Waals surface area contributed by atoms with E-state index in [0.717, 1.165) is 31.7 Å². The van der Waals surface area contributed by atoms with Gasteiger partial charge in [0.05, 0.1) is 11.8 Å². The lowest BCUT2D eigenvalue weighted by Gasteiger charge is -2.18. The van der Waals surface area contributed by atoms with Crippen LogP contribution in [0.15, 0.2) is 18.3 Å². The molecule has 0 radical (unpaired) electrons. The molecule has 16 heavy (non-hydrogen) atoms. The van der Waals surface area contributed by atoms with Crippen molar-refractivity contribution >= 4 is 11.5 Å². The van der Waals surface area contributed by atoms with Crippen molar-refractivity contribution < 1.29 is 4.74 Å². The SMILES string of the molecule is CCC1OCCC1CNc1cccnc1N. The van der Waals surface area contributed by atoms with Crippen molar-refractivity contribution in [3.05, 3.63) is 18.3 Å². The molecule has 4 nitrogen and oxygen atoms in total. The van der Waals surface area contributed by atoms with Gasteiger partial charge in [0, 0.05) is 25.3 Å². The van der Waals surface area contributed by atoms with E-state index in [2.05, 4.69) is 17.2 Å². The number of ether oxygens (including phenoxy) is 1. The van der Waals surface area contributed by atoms with E-state index in [1.165, 1.54) is 0 Å². The summed E-state index contributed by atoms with van der Waals surface area (Å²) in [5.74, 6) is 1.15. The highest BCUT2D eigenvalue weighted by atomic mass is 16.5. The third-order valence-corrected chi connectivity index (χ3v) is 3.14. The van der Waals surface area contributed by atoms with E-state index in [9.17, 15) is 0 Å². The molecule has 3 N–H and O–H groups in total. The third-order valence-electron chi connectivity index (χ3n) is 3.14. The molecule has 2 heterocycles. The Morgan fingerprint density at radius 1 is 1.62 bits per heavy atom. The van der Waals surface area contributed by atoms with Crippen LogP contribution >= 0.6 is 0 Å². The van der Waals surface area contributed by atoms with Crippen LogP contribution in [0.25, 0.3) is 0 Å². The van der Waals surface area contributed by atoms with Gasteiger partial charge < -0.3 is 15.8 Å². The van der Waals surface area contributed by atoms with Gasteiger partial charge in [-0.15, -0.1) is 0 Å². The number of nitrogens with one attached hydrogen (secondary N) is 1. The molecule has 4 heteroatoms. The maximum atomic E-state index is 5.77. The predicted octanol–water partition coefficient (Wildman–Crippen LogP) is 1.89. The smallest absolute Gasteiger partial charge is 0.146 e. The highest BCUT2D eigenvalue weighted by Crippen LogP contribution is 2.24. The van der Waals surface area contributed by atoms with Gasteiger partial charge in [0.1, 0.15) is 5.82 Å². The quantitative estimate of drug-likeness (QED) is 0.815. The number of nitrogen functional groups attached to an aromatic ring is 1. The van der Waals surface area contributed by atoms with E-state index in [-0.39, 0.29) is 0 Å². The lowest BCUT2D eigenvalue weighted by atomic mass is 9.99. The Balaban J connectivity index is 1.90. The van der Waals surface area contributed by atoms with Crippen LogP contribution in [0.1, 0.15) is 19.8 Å². The molecular weight excluding hydrogens is 202 g/mol. The monoisotopic (exact) mass is 221 g/mol. The summed E-state index contributed by atoms with van der Waals surface area (Å²) >= 11 is 0. The van der Waals surface area contributed by atoms with Crippen LogP contribution in [0, 0.1) is 5.92 Å². The van der Waals surface area contributed by atoms with E-state index < -0.39 is 0 Å². The van der Waals surface area contributed by atoms with Crippen LogP contribution < -0.4 is 11.1 Å². The molecule has 2 rings (SSSR count). The summed E-state index contributed by atoms with van der Waals surface area (Å²) in [6, 6.07) is 3.85. The Morgan fingerprint density at radius 2 is 2.50 bits per heavy atom. The van der Waals surface area contributed by atoms with E-state index in [4.69, 9.17) is 10.5 Å². The third kappa shape index (κ3) is 2.44. The van der Waals surface area contributed by atoms with Crippen LogP contribution in [0.3, 0.4) is 0 Å². The summed E-state index contributed by atoms with van der Waals surface area (Å²) < 4.78 is 5.65. The number of nitrogens with two attached hydrogens (primary N) is 1. The Kier molecular flexibility index (Phi) is 3.62. The van der Waals surface area contributed by atoms with E-state index >= 15 is 0 Å². The van der Waals surface area contributed by atoms with E-state index in [1.807, 2.05) is 12.1 Å². The summed E-state index contributed by atoms with van der Waals surface area (Å²) in [7, 11) is 0. The van der Waals surface area contributed by atoms with Gasteiger partial charge in [0.2, 0.25) is 0 Å². The summed E-state index contributed by atoms with van der Waals surface area (Å²) in [6.07, 6.45) is 4.31. The molecule has 1 saturated heterocycles. The van der Waals surface area contributed by atoms with Crippen LogP contribution in [-0.2, 0) is 4.74 Å². The topological polar surface area (TPSA) is 60.2 Å². The van der Waals surface area contributed by atoms with Gasteiger partial charge in [0.25, 0.3) is 0 Å². The van der Waals surface area contributed by atoms with Gasteiger partial charge in [-0.3, -0.25) is 0 Å². The molecule has 0 bridgehead atoms. The number of nitrogens with zero attached hydrogens (tertiary/aromatic N) is 1. The first-order valence-corrected chi connectivity index (χ1v) is 5.87. The molecule has 1 aromatic heterocycles. The molecule has 0 spiro atoms. The largest absolute Gasteiger partial charge is 0.382 e. The molecule has 2 unspecified atom stereocenters. The Morgan fingerprint density at radius 3 is 3.25 bits per heavy atom. The van der Waals surface area contributed by atoms with Crippen molar-refractivity contribution in [2.24, 2.45) is 5.92 Å². The molecule has 0 amide bonds. The minimum atomic E-state index is 0.394. The van der Waals surface area contributed by atoms with Gasteiger partial charge in [-0.1, -0.05) is 6.92 Å². The number of pyridine rings is 1. The van der Waals surface area contributed by atoms with Crippen LogP contribution in [0.4, 0.5) is 11.5 Å². The van der Waals surface area contributed by atoms with Crippen LogP contribution in [0.2, 0.25) is 0 Å². The van der Waals surface area contributed by atoms with Crippen molar-refractivity contribution in [1.29, 1.82) is 0 Å². The predicted molar refractivity (Wildman–Crippen MR) is 65.3 cm³/mol. The zero-order valence-electron chi connectivity index (χ0n) is 9.65. The minimum Gasteiger partial charge on any atom is -0.382 e. The number of rotatable bonds is 4. The first-order valence-electron chi connectivity index (χ1n) is 5.87. The zero-order chi connectivity index (χ0) is 11.4. The lowest BCUT2D eigenvalue weighted by Crippen LogP contribution is -2.23. The summed E-state index contributed by atoms with van der Waals surface area (Å²) in [6.45, 7) is 3.96. The fourth-order valence-electron chi connectivity index (χ4n) is 2.19. The Hall–Kier alpha value is -1.29. The second kappa shape index (κ2) is 5.16. The zero-order valence-corrected chi connectivity index (χ0v) is 9.65. The number of hydrogen-bond donors (Lipinski definition) is 2.